The summed E-state index contributed by atoms with van der Waals surface area (Å²) in [4.78, 5) is 24.8. The Balaban J connectivity index is 1.04. The minimum atomic E-state index is -4.24. The molecule has 0 aliphatic heterocycles. The van der Waals surface area contributed by atoms with Gasteiger partial charge in [-0.1, -0.05) is 58.8 Å². The third kappa shape index (κ3) is 5.74. The van der Waals surface area contributed by atoms with Crippen molar-refractivity contribution in [3.8, 4) is 28.3 Å². The van der Waals surface area contributed by atoms with E-state index in [2.05, 4.69) is 20.2 Å². The first-order valence-electron chi connectivity index (χ1n) is 13.5. The molecule has 0 saturated carbocycles. The van der Waals surface area contributed by atoms with Crippen LogP contribution in [0.15, 0.2) is 80.7 Å². The highest BCUT2D eigenvalue weighted by molar-refractivity contribution is 7.88. The van der Waals surface area contributed by atoms with Crippen LogP contribution in [0, 0.1) is 12.7 Å². The van der Waals surface area contributed by atoms with Crippen molar-refractivity contribution >= 4 is 16.3 Å². The second kappa shape index (κ2) is 11.9. The zero-order chi connectivity index (χ0) is 30.8. The fourth-order valence-corrected chi connectivity index (χ4v) is 5.94. The molecule has 2 N–H and O–H groups in total. The highest BCUT2D eigenvalue weighted by Crippen LogP contribution is 2.44. The third-order valence-corrected chi connectivity index (χ3v) is 8.24. The van der Waals surface area contributed by atoms with Crippen LogP contribution in [-0.2, 0) is 21.4 Å². The standard InChI is InChI=1S/C29H25FN6O7S/c1-17-15-18(12-13-24(17)30)36-27(34-42-29(36)38)26-25(32-43-33-26)11-6-14-31-44(39,40)35-28(37)41-16-23-21-9-4-2-7-19(21)20-8-3-5-10-22(20)23/h2-5,7-10,12-13,15,23,31H,6,11,14,16H2,1H3,(H,35,37). The summed E-state index contributed by atoms with van der Waals surface area (Å²) in [7, 11) is -4.24. The van der Waals surface area contributed by atoms with E-state index in [-0.39, 0.29) is 49.1 Å². The molecule has 3 aromatic carbocycles. The van der Waals surface area contributed by atoms with Gasteiger partial charge in [0.15, 0.2) is 5.69 Å². The lowest BCUT2D eigenvalue weighted by Gasteiger charge is -2.14. The first-order valence-corrected chi connectivity index (χ1v) is 15.0. The molecule has 0 spiro atoms. The van der Waals surface area contributed by atoms with Crippen LogP contribution in [0.1, 0.15) is 34.7 Å². The van der Waals surface area contributed by atoms with E-state index < -0.39 is 27.9 Å². The predicted molar refractivity (Wildman–Crippen MR) is 154 cm³/mol. The van der Waals surface area contributed by atoms with Gasteiger partial charge in [0.2, 0.25) is 5.82 Å². The molecule has 15 heteroatoms. The molecule has 2 heterocycles. The van der Waals surface area contributed by atoms with Gasteiger partial charge in [0.25, 0.3) is 0 Å². The molecule has 1 amide bonds. The number of aryl methyl sites for hydroxylation is 2. The van der Waals surface area contributed by atoms with Gasteiger partial charge >= 0.3 is 22.1 Å². The number of nitrogens with zero attached hydrogens (tertiary/aromatic N) is 4. The highest BCUT2D eigenvalue weighted by Gasteiger charge is 2.29. The lowest BCUT2D eigenvalue weighted by atomic mass is 9.98. The molecule has 5 aromatic rings. The van der Waals surface area contributed by atoms with Crippen LogP contribution in [0.3, 0.4) is 0 Å². The lowest BCUT2D eigenvalue weighted by Crippen LogP contribution is -2.41. The van der Waals surface area contributed by atoms with Crippen LogP contribution < -0.4 is 15.2 Å². The van der Waals surface area contributed by atoms with Gasteiger partial charge < -0.3 is 4.74 Å². The van der Waals surface area contributed by atoms with Gasteiger partial charge in [0.1, 0.15) is 18.1 Å². The number of ether oxygens (including phenoxy) is 1. The number of aromatic nitrogens is 4. The second-order valence-corrected chi connectivity index (χ2v) is 11.5. The third-order valence-electron chi connectivity index (χ3n) is 7.22. The van der Waals surface area contributed by atoms with Crippen LogP contribution in [0.5, 0.6) is 0 Å². The molecular weight excluding hydrogens is 595 g/mol. The number of hydrogen-bond acceptors (Lipinski definition) is 10. The largest absolute Gasteiger partial charge is 0.448 e. The molecule has 1 aliphatic rings. The number of fused-ring (bicyclic) bond motifs is 3. The Morgan fingerprint density at radius 2 is 1.73 bits per heavy atom. The van der Waals surface area contributed by atoms with Crippen LogP contribution in [0.4, 0.5) is 9.18 Å². The van der Waals surface area contributed by atoms with Crippen molar-refractivity contribution in [2.75, 3.05) is 13.2 Å². The molecule has 44 heavy (non-hydrogen) atoms. The molecule has 0 radical (unpaired) electrons. The monoisotopic (exact) mass is 620 g/mol. The van der Waals surface area contributed by atoms with Gasteiger partial charge in [-0.2, -0.15) is 13.1 Å². The van der Waals surface area contributed by atoms with E-state index in [1.165, 1.54) is 18.2 Å². The van der Waals surface area contributed by atoms with E-state index in [4.69, 9.17) is 13.9 Å². The van der Waals surface area contributed by atoms with Gasteiger partial charge in [-0.25, -0.2) is 27.9 Å². The summed E-state index contributed by atoms with van der Waals surface area (Å²) < 4.78 is 58.9. The van der Waals surface area contributed by atoms with E-state index in [1.54, 1.807) is 6.92 Å². The summed E-state index contributed by atoms with van der Waals surface area (Å²) in [5.74, 6) is -1.51. The molecule has 0 saturated heterocycles. The molecule has 13 nitrogen and oxygen atoms in total. The number of carbonyl (C=O) groups excluding carboxylic acids is 1. The Morgan fingerprint density at radius 3 is 2.43 bits per heavy atom. The molecule has 0 fully saturated rings. The van der Waals surface area contributed by atoms with Crippen molar-refractivity contribution < 1.29 is 31.5 Å². The van der Waals surface area contributed by atoms with Crippen LogP contribution in [0.2, 0.25) is 0 Å². The van der Waals surface area contributed by atoms with Gasteiger partial charge in [-0.05, 0) is 70.9 Å². The number of amides is 1. The number of nitrogens with one attached hydrogen (secondary N) is 2. The maximum absolute atomic E-state index is 13.8. The lowest BCUT2D eigenvalue weighted by molar-refractivity contribution is 0.149. The number of hydrogen-bond donors (Lipinski definition) is 2. The van der Waals surface area contributed by atoms with Crippen molar-refractivity contribution in [2.24, 2.45) is 0 Å². The Morgan fingerprint density at radius 1 is 1.02 bits per heavy atom. The fourth-order valence-electron chi connectivity index (χ4n) is 5.17. The SMILES string of the molecule is Cc1cc(-n2c(-c3nonc3CCCNS(=O)(=O)NC(=O)OCC3c4ccccc4-c4ccccc43)noc2=O)ccc1F. The van der Waals surface area contributed by atoms with E-state index >= 15 is 0 Å². The maximum Gasteiger partial charge on any atom is 0.446 e. The Hall–Kier alpha value is -5.15. The summed E-state index contributed by atoms with van der Waals surface area (Å²) in [6, 6.07) is 19.6. The zero-order valence-corrected chi connectivity index (χ0v) is 24.0. The number of halogens is 1. The molecule has 2 aromatic heterocycles. The zero-order valence-electron chi connectivity index (χ0n) is 23.2. The Bertz CT molecular complexity index is 1970. The van der Waals surface area contributed by atoms with Crippen molar-refractivity contribution in [3.05, 3.63) is 105 Å². The minimum absolute atomic E-state index is 0.0187. The van der Waals surface area contributed by atoms with Gasteiger partial charge in [0.05, 0.1) is 5.69 Å². The quantitative estimate of drug-likeness (QED) is 0.220. The van der Waals surface area contributed by atoms with Gasteiger partial charge in [0, 0.05) is 12.5 Å². The van der Waals surface area contributed by atoms with Crippen LogP contribution >= 0.6 is 0 Å². The summed E-state index contributed by atoms with van der Waals surface area (Å²) in [5.41, 5.74) is 5.07. The van der Waals surface area contributed by atoms with E-state index in [1.807, 2.05) is 53.3 Å². The van der Waals surface area contributed by atoms with Crippen molar-refractivity contribution in [3.63, 3.8) is 0 Å². The topological polar surface area (TPSA) is 171 Å². The highest BCUT2D eigenvalue weighted by atomic mass is 32.2. The smallest absolute Gasteiger partial charge is 0.446 e. The summed E-state index contributed by atoms with van der Waals surface area (Å²) >= 11 is 0. The first kappa shape index (κ1) is 28.9. The number of rotatable bonds is 10. The molecule has 0 bridgehead atoms. The van der Waals surface area contributed by atoms with Gasteiger partial charge in [-0.3, -0.25) is 4.52 Å². The normalized spacial score (nSPS) is 12.6. The molecule has 0 unspecified atom stereocenters. The van der Waals surface area contributed by atoms with Crippen molar-refractivity contribution in [1.29, 1.82) is 0 Å². The second-order valence-electron chi connectivity index (χ2n) is 10.0. The summed E-state index contributed by atoms with van der Waals surface area (Å²) in [6.45, 7) is 1.42. The number of carbonyl (C=O) groups is 1. The van der Waals surface area contributed by atoms with Crippen molar-refractivity contribution in [1.82, 2.24) is 29.5 Å². The Labute approximate surface area is 249 Å². The minimum Gasteiger partial charge on any atom is -0.448 e. The summed E-state index contributed by atoms with van der Waals surface area (Å²) in [6.07, 6.45) is -0.734. The number of benzene rings is 3. The Kier molecular flexibility index (Phi) is 7.80. The van der Waals surface area contributed by atoms with Gasteiger partial charge in [-0.15, -0.1) is 0 Å². The molecule has 0 atom stereocenters. The predicted octanol–water partition coefficient (Wildman–Crippen LogP) is 3.63. The van der Waals surface area contributed by atoms with Crippen LogP contribution in [-0.4, -0.2) is 47.7 Å². The first-order chi connectivity index (χ1) is 21.2. The average molecular weight is 621 g/mol. The van der Waals surface area contributed by atoms with E-state index in [9.17, 15) is 22.4 Å². The fraction of sp³-hybridized carbons (Fsp3) is 0.207. The van der Waals surface area contributed by atoms with Crippen LogP contribution in [0.25, 0.3) is 28.3 Å². The molecule has 1 aliphatic carbocycles. The summed E-state index contributed by atoms with van der Waals surface area (Å²) in [5, 5.41) is 11.4. The maximum atomic E-state index is 13.8. The van der Waals surface area contributed by atoms with E-state index in [0.29, 0.717) is 11.3 Å². The molecule has 226 valence electrons. The molecule has 6 rings (SSSR count). The average Bonchev–Trinajstić information content (AvgIpc) is 3.71. The van der Waals surface area contributed by atoms with Crippen molar-refractivity contribution in [2.45, 2.75) is 25.7 Å². The van der Waals surface area contributed by atoms with E-state index in [0.717, 1.165) is 26.8 Å². The molecular formula is C29H25FN6O7S.